The Morgan fingerprint density at radius 1 is 1.12 bits per heavy atom. The number of hydrogen-bond acceptors (Lipinski definition) is 3. The molecule has 6 heteroatoms. The number of urea groups is 1. The zero-order chi connectivity index (χ0) is 18.0. The van der Waals surface area contributed by atoms with Crippen LogP contribution >= 0.6 is 11.6 Å². The topological polar surface area (TPSA) is 67.4 Å². The number of ketones is 1. The van der Waals surface area contributed by atoms with E-state index in [-0.39, 0.29) is 11.8 Å². The van der Waals surface area contributed by atoms with Gasteiger partial charge in [0.2, 0.25) is 0 Å². The number of nitrogens with one attached hydrogen (secondary N) is 2. The van der Waals surface area contributed by atoms with E-state index in [1.807, 2.05) is 18.2 Å². The fourth-order valence-electron chi connectivity index (χ4n) is 2.89. The van der Waals surface area contributed by atoms with Crippen molar-refractivity contribution in [2.24, 2.45) is 0 Å². The summed E-state index contributed by atoms with van der Waals surface area (Å²) < 4.78 is 5.40. The second-order valence-corrected chi connectivity index (χ2v) is 6.08. The Labute approximate surface area is 150 Å². The molecule has 0 saturated heterocycles. The summed E-state index contributed by atoms with van der Waals surface area (Å²) in [6.45, 7) is 1.71. The summed E-state index contributed by atoms with van der Waals surface area (Å²) in [5, 5.41) is 6.04. The SMILES string of the molecule is COc1ccccc1[C@@H]1NC(=O)NC(C)=C1C(=O)c1ccc(Cl)cc1. The van der Waals surface area contributed by atoms with E-state index in [9.17, 15) is 9.59 Å². The van der Waals surface area contributed by atoms with Gasteiger partial charge in [0, 0.05) is 27.4 Å². The molecule has 2 amide bonds. The van der Waals surface area contributed by atoms with Gasteiger partial charge in [-0.2, -0.15) is 0 Å². The van der Waals surface area contributed by atoms with E-state index in [1.165, 1.54) is 0 Å². The van der Waals surface area contributed by atoms with E-state index in [0.717, 1.165) is 5.56 Å². The number of hydrogen-bond donors (Lipinski definition) is 2. The molecule has 2 N–H and O–H groups in total. The second kappa shape index (κ2) is 6.99. The van der Waals surface area contributed by atoms with Gasteiger partial charge in [-0.05, 0) is 37.3 Å². The van der Waals surface area contributed by atoms with E-state index >= 15 is 0 Å². The molecule has 1 heterocycles. The molecule has 2 aromatic rings. The van der Waals surface area contributed by atoms with Gasteiger partial charge in [0.25, 0.3) is 0 Å². The van der Waals surface area contributed by atoms with Gasteiger partial charge < -0.3 is 15.4 Å². The molecule has 2 aromatic carbocycles. The van der Waals surface area contributed by atoms with Crippen molar-refractivity contribution in [2.75, 3.05) is 7.11 Å². The van der Waals surface area contributed by atoms with Crippen LogP contribution in [0.15, 0.2) is 59.8 Å². The highest BCUT2D eigenvalue weighted by Crippen LogP contribution is 2.34. The molecule has 0 fully saturated rings. The molecule has 0 radical (unpaired) electrons. The van der Waals surface area contributed by atoms with Gasteiger partial charge in [-0.15, -0.1) is 0 Å². The third kappa shape index (κ3) is 3.37. The number of Topliss-reactive ketones (excluding diaryl/α,β-unsaturated/α-hetero) is 1. The predicted molar refractivity (Wildman–Crippen MR) is 95.9 cm³/mol. The van der Waals surface area contributed by atoms with E-state index in [2.05, 4.69) is 10.6 Å². The molecule has 3 rings (SSSR count). The summed E-state index contributed by atoms with van der Waals surface area (Å²) in [4.78, 5) is 25.1. The molecule has 1 aliphatic rings. The number of halogens is 1. The number of benzene rings is 2. The summed E-state index contributed by atoms with van der Waals surface area (Å²) in [6.07, 6.45) is 0. The summed E-state index contributed by atoms with van der Waals surface area (Å²) >= 11 is 5.90. The normalized spacial score (nSPS) is 16.9. The fraction of sp³-hybridized carbons (Fsp3) is 0.158. The van der Waals surface area contributed by atoms with E-state index in [0.29, 0.717) is 27.6 Å². The number of methoxy groups -OCH3 is 1. The third-order valence-electron chi connectivity index (χ3n) is 4.07. The van der Waals surface area contributed by atoms with Crippen molar-refractivity contribution in [3.63, 3.8) is 0 Å². The van der Waals surface area contributed by atoms with Crippen molar-refractivity contribution in [3.8, 4) is 5.75 Å². The summed E-state index contributed by atoms with van der Waals surface area (Å²) in [5.41, 5.74) is 2.19. The van der Waals surface area contributed by atoms with Crippen molar-refractivity contribution >= 4 is 23.4 Å². The first-order valence-electron chi connectivity index (χ1n) is 7.72. The van der Waals surface area contributed by atoms with Crippen molar-refractivity contribution < 1.29 is 14.3 Å². The first-order chi connectivity index (χ1) is 12.0. The average Bonchev–Trinajstić information content (AvgIpc) is 2.61. The van der Waals surface area contributed by atoms with Crippen molar-refractivity contribution in [2.45, 2.75) is 13.0 Å². The zero-order valence-electron chi connectivity index (χ0n) is 13.8. The van der Waals surface area contributed by atoms with Crippen LogP contribution in [0.5, 0.6) is 5.75 Å². The van der Waals surface area contributed by atoms with Crippen LogP contribution in [0.4, 0.5) is 4.79 Å². The Bertz CT molecular complexity index is 859. The van der Waals surface area contributed by atoms with Crippen molar-refractivity contribution in [3.05, 3.63) is 76.0 Å². The van der Waals surface area contributed by atoms with E-state index in [4.69, 9.17) is 16.3 Å². The van der Waals surface area contributed by atoms with Crippen LogP contribution in [0, 0.1) is 0 Å². The average molecular weight is 357 g/mol. The summed E-state index contributed by atoms with van der Waals surface area (Å²) in [7, 11) is 1.55. The Hall–Kier alpha value is -2.79. The standard InChI is InChI=1S/C19H17ClN2O3/c1-11-16(18(23)12-7-9-13(20)10-8-12)17(22-19(24)21-11)14-5-3-4-6-15(14)25-2/h3-10,17H,1-2H3,(H2,21,22,24)/t17-/m0/s1. The lowest BCUT2D eigenvalue weighted by atomic mass is 9.89. The molecule has 0 aromatic heterocycles. The van der Waals surface area contributed by atoms with Gasteiger partial charge in [-0.25, -0.2) is 4.79 Å². The third-order valence-corrected chi connectivity index (χ3v) is 4.32. The minimum Gasteiger partial charge on any atom is -0.496 e. The molecule has 0 aliphatic carbocycles. The Balaban J connectivity index is 2.09. The first-order valence-corrected chi connectivity index (χ1v) is 8.10. The Morgan fingerprint density at radius 3 is 2.48 bits per heavy atom. The Kier molecular flexibility index (Phi) is 4.76. The Morgan fingerprint density at radius 2 is 1.80 bits per heavy atom. The van der Waals surface area contributed by atoms with Gasteiger partial charge >= 0.3 is 6.03 Å². The van der Waals surface area contributed by atoms with Crippen LogP contribution < -0.4 is 15.4 Å². The number of amides is 2. The molecule has 5 nitrogen and oxygen atoms in total. The van der Waals surface area contributed by atoms with E-state index < -0.39 is 6.04 Å². The number of carbonyl (C=O) groups is 2. The molecule has 0 bridgehead atoms. The van der Waals surface area contributed by atoms with Gasteiger partial charge in [0.1, 0.15) is 5.75 Å². The van der Waals surface area contributed by atoms with Gasteiger partial charge in [-0.1, -0.05) is 29.8 Å². The molecule has 1 atom stereocenters. The van der Waals surface area contributed by atoms with Crippen LogP contribution in [0.3, 0.4) is 0 Å². The summed E-state index contributed by atoms with van der Waals surface area (Å²) in [6, 6.07) is 13.0. The monoisotopic (exact) mass is 356 g/mol. The minimum absolute atomic E-state index is 0.183. The number of ether oxygens (including phenoxy) is 1. The quantitative estimate of drug-likeness (QED) is 0.817. The van der Waals surface area contributed by atoms with Crippen LogP contribution in [0.25, 0.3) is 0 Å². The van der Waals surface area contributed by atoms with Crippen LogP contribution in [-0.2, 0) is 0 Å². The number of rotatable bonds is 4. The largest absolute Gasteiger partial charge is 0.496 e. The highest BCUT2D eigenvalue weighted by Gasteiger charge is 2.33. The molecular weight excluding hydrogens is 340 g/mol. The molecule has 25 heavy (non-hydrogen) atoms. The maximum absolute atomic E-state index is 13.1. The number of para-hydroxylation sites is 1. The highest BCUT2D eigenvalue weighted by atomic mass is 35.5. The molecule has 1 aliphatic heterocycles. The number of carbonyl (C=O) groups excluding carboxylic acids is 2. The van der Waals surface area contributed by atoms with Crippen LogP contribution in [0.1, 0.15) is 28.9 Å². The van der Waals surface area contributed by atoms with Crippen LogP contribution in [-0.4, -0.2) is 18.9 Å². The van der Waals surface area contributed by atoms with Gasteiger partial charge in [0.15, 0.2) is 5.78 Å². The van der Waals surface area contributed by atoms with Gasteiger partial charge in [0.05, 0.1) is 13.2 Å². The number of allylic oxidation sites excluding steroid dienone is 1. The lowest BCUT2D eigenvalue weighted by molar-refractivity contribution is 0.102. The molecular formula is C19H17ClN2O3. The van der Waals surface area contributed by atoms with Gasteiger partial charge in [-0.3, -0.25) is 4.79 Å². The minimum atomic E-state index is -0.604. The first kappa shape index (κ1) is 17.0. The molecule has 0 spiro atoms. The lowest BCUT2D eigenvalue weighted by Gasteiger charge is -2.29. The van der Waals surface area contributed by atoms with Crippen molar-refractivity contribution in [1.82, 2.24) is 10.6 Å². The van der Waals surface area contributed by atoms with E-state index in [1.54, 1.807) is 44.4 Å². The van der Waals surface area contributed by atoms with Crippen LogP contribution in [0.2, 0.25) is 5.02 Å². The second-order valence-electron chi connectivity index (χ2n) is 5.65. The maximum atomic E-state index is 13.1. The summed E-state index contributed by atoms with van der Waals surface area (Å²) in [5.74, 6) is 0.418. The highest BCUT2D eigenvalue weighted by molar-refractivity contribution is 6.30. The maximum Gasteiger partial charge on any atom is 0.319 e. The molecule has 0 saturated carbocycles. The smallest absolute Gasteiger partial charge is 0.319 e. The zero-order valence-corrected chi connectivity index (χ0v) is 14.6. The van der Waals surface area contributed by atoms with Crippen molar-refractivity contribution in [1.29, 1.82) is 0 Å². The molecule has 0 unspecified atom stereocenters. The fourth-order valence-corrected chi connectivity index (χ4v) is 3.02. The molecule has 128 valence electrons. The predicted octanol–water partition coefficient (Wildman–Crippen LogP) is 3.86. The lowest BCUT2D eigenvalue weighted by Crippen LogP contribution is -2.45.